The minimum absolute atomic E-state index is 0.269. The molecule has 138 valence electrons. The third kappa shape index (κ3) is 9.86. The molecular formula is C15H25NO6S2. The van der Waals surface area contributed by atoms with Gasteiger partial charge in [0.15, 0.2) is 0 Å². The van der Waals surface area contributed by atoms with Crippen molar-refractivity contribution in [3.63, 3.8) is 0 Å². The highest BCUT2D eigenvalue weighted by Gasteiger charge is 2.13. The Labute approximate surface area is 144 Å². The molecule has 9 heteroatoms. The predicted molar refractivity (Wildman–Crippen MR) is 93.9 cm³/mol. The highest BCUT2D eigenvalue weighted by atomic mass is 32.2. The molecule has 0 aromatic carbocycles. The molecule has 0 aliphatic heterocycles. The molecule has 0 saturated carbocycles. The van der Waals surface area contributed by atoms with Gasteiger partial charge in [0.2, 0.25) is 0 Å². The first-order chi connectivity index (χ1) is 11.1. The molecule has 0 aromatic heterocycles. The molecule has 1 rings (SSSR count). The maximum Gasteiger partial charge on any atom is 0.264 e. The second kappa shape index (κ2) is 9.36. The third-order valence-corrected chi connectivity index (χ3v) is 5.20. The molecule has 0 aromatic rings. The van der Waals surface area contributed by atoms with E-state index in [1.54, 1.807) is 0 Å². The molecule has 0 amide bonds. The maximum atomic E-state index is 10.8. The Morgan fingerprint density at radius 3 is 1.88 bits per heavy atom. The van der Waals surface area contributed by atoms with Crippen molar-refractivity contribution in [2.75, 3.05) is 24.6 Å². The van der Waals surface area contributed by atoms with Crippen molar-refractivity contribution in [2.24, 2.45) is 0 Å². The summed E-state index contributed by atoms with van der Waals surface area (Å²) in [5.74, 6) is -0.537. The predicted octanol–water partition coefficient (Wildman–Crippen LogP) is 2.02. The van der Waals surface area contributed by atoms with E-state index >= 15 is 0 Å². The largest absolute Gasteiger partial charge is 0.375 e. The van der Waals surface area contributed by atoms with Gasteiger partial charge in [-0.3, -0.25) is 9.11 Å². The van der Waals surface area contributed by atoms with Crippen LogP contribution in [-0.4, -0.2) is 55.4 Å². The first-order valence-electron chi connectivity index (χ1n) is 7.77. The first-order valence-corrected chi connectivity index (χ1v) is 11.0. The lowest BCUT2D eigenvalue weighted by Gasteiger charge is -2.29. The van der Waals surface area contributed by atoms with Crippen molar-refractivity contribution in [1.29, 1.82) is 0 Å². The van der Waals surface area contributed by atoms with Crippen LogP contribution in [0, 0.1) is 0 Å². The van der Waals surface area contributed by atoms with Gasteiger partial charge in [-0.05, 0) is 37.3 Å². The normalized spacial score (nSPS) is 15.4. The summed E-state index contributed by atoms with van der Waals surface area (Å²) in [5, 5.41) is 0. The second-order valence-electron chi connectivity index (χ2n) is 5.83. The smallest absolute Gasteiger partial charge is 0.264 e. The van der Waals surface area contributed by atoms with Crippen LogP contribution in [-0.2, 0) is 20.2 Å². The number of rotatable bonds is 11. The summed E-state index contributed by atoms with van der Waals surface area (Å²) in [6.45, 7) is 5.14. The van der Waals surface area contributed by atoms with Gasteiger partial charge in [0, 0.05) is 25.2 Å². The SMILES string of the molecule is C=C1C=CC=C(N(CCCCS(=O)(=O)O)CCCCS(=O)(=O)O)C1. The number of hydrogen-bond donors (Lipinski definition) is 2. The summed E-state index contributed by atoms with van der Waals surface area (Å²) in [5.41, 5.74) is 2.01. The van der Waals surface area contributed by atoms with E-state index < -0.39 is 20.2 Å². The molecule has 24 heavy (non-hydrogen) atoms. The highest BCUT2D eigenvalue weighted by molar-refractivity contribution is 7.86. The number of unbranched alkanes of at least 4 members (excludes halogenated alkanes) is 2. The Kier molecular flexibility index (Phi) is 8.14. The fourth-order valence-electron chi connectivity index (χ4n) is 2.44. The topological polar surface area (TPSA) is 112 Å². The van der Waals surface area contributed by atoms with Gasteiger partial charge in [0.1, 0.15) is 0 Å². The average molecular weight is 380 g/mol. The minimum atomic E-state index is -3.95. The van der Waals surface area contributed by atoms with Crippen LogP contribution in [0.15, 0.2) is 36.1 Å². The van der Waals surface area contributed by atoms with Crippen LogP contribution in [0.1, 0.15) is 32.1 Å². The van der Waals surface area contributed by atoms with Crippen LogP contribution < -0.4 is 0 Å². The molecule has 0 saturated heterocycles. The summed E-state index contributed by atoms with van der Waals surface area (Å²) >= 11 is 0. The van der Waals surface area contributed by atoms with Crippen LogP contribution >= 0.6 is 0 Å². The Hall–Kier alpha value is -1.16. The van der Waals surface area contributed by atoms with Gasteiger partial charge in [-0.2, -0.15) is 16.8 Å². The van der Waals surface area contributed by atoms with Gasteiger partial charge < -0.3 is 4.90 Å². The van der Waals surface area contributed by atoms with Crippen molar-refractivity contribution >= 4 is 20.2 Å². The molecule has 2 N–H and O–H groups in total. The zero-order valence-electron chi connectivity index (χ0n) is 13.6. The first kappa shape index (κ1) is 20.9. The Balaban J connectivity index is 2.54. The Morgan fingerprint density at radius 2 is 1.46 bits per heavy atom. The summed E-state index contributed by atoms with van der Waals surface area (Å²) in [4.78, 5) is 2.07. The van der Waals surface area contributed by atoms with Gasteiger partial charge in [-0.1, -0.05) is 18.7 Å². The van der Waals surface area contributed by atoms with Crippen molar-refractivity contribution in [3.8, 4) is 0 Å². The lowest BCUT2D eigenvalue weighted by molar-refractivity contribution is 0.324. The standard InChI is InChI=1S/C15H25NO6S2/c1-14-7-6-8-15(13-14)16(9-2-4-11-23(17,18)19)10-3-5-12-24(20,21)22/h6-8H,1-5,9-13H2,(H,17,18,19)(H,20,21,22). The molecule has 0 fully saturated rings. The fourth-order valence-corrected chi connectivity index (χ4v) is 3.57. The molecule has 1 aliphatic carbocycles. The van der Waals surface area contributed by atoms with E-state index in [9.17, 15) is 16.8 Å². The van der Waals surface area contributed by atoms with Gasteiger partial charge >= 0.3 is 0 Å². The van der Waals surface area contributed by atoms with Crippen molar-refractivity contribution < 1.29 is 25.9 Å². The molecule has 0 radical (unpaired) electrons. The molecule has 0 heterocycles. The lowest BCUT2D eigenvalue weighted by atomic mass is 10.0. The van der Waals surface area contributed by atoms with Crippen LogP contribution in [0.4, 0.5) is 0 Å². The second-order valence-corrected chi connectivity index (χ2v) is 8.97. The minimum Gasteiger partial charge on any atom is -0.375 e. The molecule has 1 aliphatic rings. The molecule has 7 nitrogen and oxygen atoms in total. The van der Waals surface area contributed by atoms with E-state index in [-0.39, 0.29) is 11.5 Å². The summed E-state index contributed by atoms with van der Waals surface area (Å²) < 4.78 is 60.5. The summed E-state index contributed by atoms with van der Waals surface area (Å²) in [7, 11) is -7.89. The molecule has 0 spiro atoms. The Bertz CT molecular complexity index is 651. The van der Waals surface area contributed by atoms with Gasteiger partial charge in [0.05, 0.1) is 11.5 Å². The third-order valence-electron chi connectivity index (χ3n) is 3.60. The summed E-state index contributed by atoms with van der Waals surface area (Å²) in [6.07, 6.45) is 8.34. The average Bonchev–Trinajstić information content (AvgIpc) is 2.43. The van der Waals surface area contributed by atoms with E-state index in [4.69, 9.17) is 9.11 Å². The van der Waals surface area contributed by atoms with E-state index in [2.05, 4.69) is 11.5 Å². The van der Waals surface area contributed by atoms with Gasteiger partial charge in [-0.15, -0.1) is 0 Å². The van der Waals surface area contributed by atoms with Crippen LogP contribution in [0.25, 0.3) is 0 Å². The van der Waals surface area contributed by atoms with Crippen LogP contribution in [0.3, 0.4) is 0 Å². The van der Waals surface area contributed by atoms with Gasteiger partial charge in [-0.25, -0.2) is 0 Å². The number of hydrogen-bond acceptors (Lipinski definition) is 5. The molecule has 0 unspecified atom stereocenters. The van der Waals surface area contributed by atoms with E-state index in [1.807, 2.05) is 18.2 Å². The molecule has 0 bridgehead atoms. The maximum absolute atomic E-state index is 10.8. The highest BCUT2D eigenvalue weighted by Crippen LogP contribution is 2.21. The van der Waals surface area contributed by atoms with E-state index in [0.717, 1.165) is 11.3 Å². The zero-order valence-corrected chi connectivity index (χ0v) is 15.2. The molecular weight excluding hydrogens is 354 g/mol. The number of allylic oxidation sites excluding steroid dienone is 4. The number of nitrogens with zero attached hydrogens (tertiary/aromatic N) is 1. The quantitative estimate of drug-likeness (QED) is 0.417. The van der Waals surface area contributed by atoms with Crippen LogP contribution in [0.5, 0.6) is 0 Å². The monoisotopic (exact) mass is 379 g/mol. The Morgan fingerprint density at radius 1 is 0.958 bits per heavy atom. The zero-order chi connectivity index (χ0) is 18.2. The van der Waals surface area contributed by atoms with Crippen molar-refractivity contribution in [1.82, 2.24) is 4.90 Å². The van der Waals surface area contributed by atoms with Crippen LogP contribution in [0.2, 0.25) is 0 Å². The summed E-state index contributed by atoms with van der Waals surface area (Å²) in [6, 6.07) is 0. The molecule has 0 atom stereocenters. The van der Waals surface area contributed by atoms with Gasteiger partial charge in [0.25, 0.3) is 20.2 Å². The lowest BCUT2D eigenvalue weighted by Crippen LogP contribution is -2.27. The van der Waals surface area contributed by atoms with E-state index in [1.165, 1.54) is 0 Å². The van der Waals surface area contributed by atoms with E-state index in [0.29, 0.717) is 45.2 Å². The fraction of sp³-hybridized carbons (Fsp3) is 0.600. The van der Waals surface area contributed by atoms with Crippen molar-refractivity contribution in [3.05, 3.63) is 36.1 Å². The van der Waals surface area contributed by atoms with Crippen molar-refractivity contribution in [2.45, 2.75) is 32.1 Å².